The molecule has 2 aromatic carbocycles. The molecule has 2 N–H and O–H groups in total. The zero-order valence-corrected chi connectivity index (χ0v) is 14.9. The Labute approximate surface area is 160 Å². The Morgan fingerprint density at radius 2 is 1.75 bits per heavy atom. The summed E-state index contributed by atoms with van der Waals surface area (Å²) in [6.07, 6.45) is -4.95. The highest BCUT2D eigenvalue weighted by Crippen LogP contribution is 2.42. The van der Waals surface area contributed by atoms with E-state index in [2.05, 4.69) is 5.10 Å². The van der Waals surface area contributed by atoms with Crippen LogP contribution in [0.5, 0.6) is 0 Å². The minimum atomic E-state index is -4.95. The summed E-state index contributed by atoms with van der Waals surface area (Å²) in [6.45, 7) is 0. The number of carbonyl (C=O) groups is 1. The summed E-state index contributed by atoms with van der Waals surface area (Å²) in [7, 11) is 1.18. The molecule has 146 valence electrons. The zero-order valence-electron chi connectivity index (χ0n) is 14.1. The summed E-state index contributed by atoms with van der Waals surface area (Å²) < 4.78 is 68.2. The standard InChI is InChI=1S/C18H11ClF5N3O/c1-27-15(14(17(25)28)16(26-27)18(22,23)24)13-11(3-2-4-12(13)19)8-5-9(20)7-10(21)6-8/h2-7H,1H3,(H2,25,28). The Morgan fingerprint density at radius 1 is 1.14 bits per heavy atom. The van der Waals surface area contributed by atoms with Gasteiger partial charge in [0.2, 0.25) is 0 Å². The Morgan fingerprint density at radius 3 is 2.29 bits per heavy atom. The highest BCUT2D eigenvalue weighted by Gasteiger charge is 2.41. The van der Waals surface area contributed by atoms with Gasteiger partial charge in [0.25, 0.3) is 5.91 Å². The fraction of sp³-hybridized carbons (Fsp3) is 0.111. The topological polar surface area (TPSA) is 60.9 Å². The van der Waals surface area contributed by atoms with E-state index in [-0.39, 0.29) is 27.4 Å². The number of rotatable bonds is 3. The lowest BCUT2D eigenvalue weighted by molar-refractivity contribution is -0.141. The second-order valence-corrected chi connectivity index (χ2v) is 6.29. The third kappa shape index (κ3) is 3.45. The number of nitrogens with two attached hydrogens (primary N) is 1. The highest BCUT2D eigenvalue weighted by molar-refractivity contribution is 6.34. The molecule has 3 aromatic rings. The normalized spacial score (nSPS) is 11.7. The number of alkyl halides is 3. The maximum Gasteiger partial charge on any atom is 0.435 e. The molecule has 1 amide bonds. The molecule has 4 nitrogen and oxygen atoms in total. The van der Waals surface area contributed by atoms with Crippen LogP contribution in [-0.4, -0.2) is 15.7 Å². The molecule has 0 aliphatic carbocycles. The van der Waals surface area contributed by atoms with Crippen molar-refractivity contribution in [1.29, 1.82) is 0 Å². The van der Waals surface area contributed by atoms with Gasteiger partial charge in [-0.05, 0) is 29.3 Å². The minimum absolute atomic E-state index is 0.0141. The molecule has 10 heteroatoms. The van der Waals surface area contributed by atoms with E-state index in [1.165, 1.54) is 25.2 Å². The first-order valence-corrected chi connectivity index (χ1v) is 8.08. The maximum atomic E-state index is 13.7. The molecule has 1 aromatic heterocycles. The summed E-state index contributed by atoms with van der Waals surface area (Å²) in [5, 5.41) is 3.32. The van der Waals surface area contributed by atoms with Crippen LogP contribution in [0.15, 0.2) is 36.4 Å². The molecule has 0 saturated carbocycles. The first-order valence-electron chi connectivity index (χ1n) is 7.70. The van der Waals surface area contributed by atoms with Crippen LogP contribution in [0.3, 0.4) is 0 Å². The van der Waals surface area contributed by atoms with Crippen molar-refractivity contribution in [3.8, 4) is 22.4 Å². The predicted octanol–water partition coefficient (Wildman–Crippen LogP) is 4.80. The molecule has 1 heterocycles. The van der Waals surface area contributed by atoms with Gasteiger partial charge in [-0.1, -0.05) is 23.7 Å². The molecular weight excluding hydrogens is 405 g/mol. The van der Waals surface area contributed by atoms with Crippen molar-refractivity contribution in [3.05, 3.63) is 64.3 Å². The average Bonchev–Trinajstić information content (AvgIpc) is 2.91. The number of aryl methyl sites for hydroxylation is 1. The fourth-order valence-electron chi connectivity index (χ4n) is 2.96. The first-order chi connectivity index (χ1) is 13.0. The summed E-state index contributed by atoms with van der Waals surface area (Å²) in [6, 6.07) is 6.84. The monoisotopic (exact) mass is 415 g/mol. The average molecular weight is 416 g/mol. The second kappa shape index (κ2) is 6.90. The number of amides is 1. The molecule has 0 bridgehead atoms. The van der Waals surface area contributed by atoms with Gasteiger partial charge in [-0.3, -0.25) is 9.48 Å². The van der Waals surface area contributed by atoms with E-state index < -0.39 is 35.0 Å². The molecule has 0 saturated heterocycles. The largest absolute Gasteiger partial charge is 0.435 e. The maximum absolute atomic E-state index is 13.7. The number of halogens is 6. The zero-order chi connectivity index (χ0) is 20.8. The lowest BCUT2D eigenvalue weighted by Gasteiger charge is -2.14. The first kappa shape index (κ1) is 19.8. The summed E-state index contributed by atoms with van der Waals surface area (Å²) >= 11 is 6.20. The van der Waals surface area contributed by atoms with Crippen LogP contribution in [0.4, 0.5) is 22.0 Å². The third-order valence-corrected chi connectivity index (χ3v) is 4.30. The minimum Gasteiger partial charge on any atom is -0.365 e. The molecule has 3 rings (SSSR count). The SMILES string of the molecule is Cn1nc(C(F)(F)F)c(C(N)=O)c1-c1c(Cl)cccc1-c1cc(F)cc(F)c1. The number of hydrogen-bond acceptors (Lipinski definition) is 2. The quantitative estimate of drug-likeness (QED) is 0.624. The smallest absolute Gasteiger partial charge is 0.365 e. The van der Waals surface area contributed by atoms with Crippen LogP contribution in [0.1, 0.15) is 16.1 Å². The van der Waals surface area contributed by atoms with Crippen molar-refractivity contribution in [2.75, 3.05) is 0 Å². The van der Waals surface area contributed by atoms with Crippen molar-refractivity contribution >= 4 is 17.5 Å². The van der Waals surface area contributed by atoms with Gasteiger partial charge in [0.05, 0.1) is 16.3 Å². The number of benzene rings is 2. The third-order valence-electron chi connectivity index (χ3n) is 3.99. The van der Waals surface area contributed by atoms with Gasteiger partial charge >= 0.3 is 6.18 Å². The number of aromatic nitrogens is 2. The van der Waals surface area contributed by atoms with Crippen molar-refractivity contribution in [2.24, 2.45) is 12.8 Å². The van der Waals surface area contributed by atoms with Crippen LogP contribution in [0.2, 0.25) is 5.02 Å². The lowest BCUT2D eigenvalue weighted by Crippen LogP contribution is -2.18. The van der Waals surface area contributed by atoms with E-state index in [0.717, 1.165) is 16.8 Å². The Bertz CT molecular complexity index is 1070. The number of hydrogen-bond donors (Lipinski definition) is 1. The fourth-order valence-corrected chi connectivity index (χ4v) is 3.22. The van der Waals surface area contributed by atoms with E-state index in [1.54, 1.807) is 0 Å². The Hall–Kier alpha value is -2.94. The molecule has 0 aliphatic heterocycles. The molecule has 0 spiro atoms. The molecule has 0 aliphatic rings. The number of nitrogens with zero attached hydrogens (tertiary/aromatic N) is 2. The lowest BCUT2D eigenvalue weighted by atomic mass is 9.94. The summed E-state index contributed by atoms with van der Waals surface area (Å²) in [4.78, 5) is 11.8. The van der Waals surface area contributed by atoms with E-state index in [0.29, 0.717) is 6.07 Å². The van der Waals surface area contributed by atoms with Crippen LogP contribution >= 0.6 is 11.6 Å². The van der Waals surface area contributed by atoms with Crippen LogP contribution in [0.25, 0.3) is 22.4 Å². The van der Waals surface area contributed by atoms with E-state index >= 15 is 0 Å². The van der Waals surface area contributed by atoms with Gasteiger partial charge in [-0.15, -0.1) is 0 Å². The molecule has 0 atom stereocenters. The highest BCUT2D eigenvalue weighted by atomic mass is 35.5. The van der Waals surface area contributed by atoms with Crippen molar-refractivity contribution in [2.45, 2.75) is 6.18 Å². The molecule has 0 radical (unpaired) electrons. The molecule has 0 fully saturated rings. The van der Waals surface area contributed by atoms with Crippen LogP contribution < -0.4 is 5.73 Å². The number of carbonyl (C=O) groups excluding carboxylic acids is 1. The van der Waals surface area contributed by atoms with Gasteiger partial charge in [0, 0.05) is 18.7 Å². The molecule has 0 unspecified atom stereocenters. The Balaban J connectivity index is 2.41. The van der Waals surface area contributed by atoms with E-state index in [1.807, 2.05) is 0 Å². The van der Waals surface area contributed by atoms with Crippen LogP contribution in [-0.2, 0) is 13.2 Å². The molecule has 28 heavy (non-hydrogen) atoms. The van der Waals surface area contributed by atoms with Crippen molar-refractivity contribution < 1.29 is 26.7 Å². The van der Waals surface area contributed by atoms with E-state index in [4.69, 9.17) is 17.3 Å². The van der Waals surface area contributed by atoms with Crippen molar-refractivity contribution in [3.63, 3.8) is 0 Å². The summed E-state index contributed by atoms with van der Waals surface area (Å²) in [5.41, 5.74) is 2.57. The number of primary amides is 1. The molecular formula is C18H11ClF5N3O. The predicted molar refractivity (Wildman–Crippen MR) is 92.5 cm³/mol. The van der Waals surface area contributed by atoms with Gasteiger partial charge in [0.1, 0.15) is 11.6 Å². The van der Waals surface area contributed by atoms with E-state index in [9.17, 15) is 26.7 Å². The van der Waals surface area contributed by atoms with Crippen LogP contribution in [0, 0.1) is 11.6 Å². The van der Waals surface area contributed by atoms with Gasteiger partial charge < -0.3 is 5.73 Å². The Kier molecular flexibility index (Phi) is 4.88. The second-order valence-electron chi connectivity index (χ2n) is 5.88. The van der Waals surface area contributed by atoms with Gasteiger partial charge in [-0.2, -0.15) is 18.3 Å². The van der Waals surface area contributed by atoms with Gasteiger partial charge in [0.15, 0.2) is 5.69 Å². The van der Waals surface area contributed by atoms with Crippen molar-refractivity contribution in [1.82, 2.24) is 9.78 Å². The van der Waals surface area contributed by atoms with Gasteiger partial charge in [-0.25, -0.2) is 8.78 Å². The summed E-state index contributed by atoms with van der Waals surface area (Å²) in [5.74, 6) is -3.15.